The van der Waals surface area contributed by atoms with E-state index in [-0.39, 0.29) is 58.4 Å². The highest BCUT2D eigenvalue weighted by Gasteiger charge is 2.23. The predicted octanol–water partition coefficient (Wildman–Crippen LogP) is 14.5. The maximum Gasteiger partial charge on any atom is 0.407 e. The number of nitrogens with one attached hydrogen (secondary N) is 1. The highest BCUT2D eigenvalue weighted by Crippen LogP contribution is 2.20. The number of allylic oxidation sites excluding steroid dienone is 4. The summed E-state index contributed by atoms with van der Waals surface area (Å²) in [6, 6.07) is 0. The summed E-state index contributed by atoms with van der Waals surface area (Å²) in [5.41, 5.74) is 0. The maximum absolute atomic E-state index is 13.2. The molecule has 1 heterocycles. The molecule has 1 aliphatic rings. The number of hydrogen-bond donors (Lipinski definition) is 1. The molecular formula is C61H112N2O12. The van der Waals surface area contributed by atoms with Crippen LogP contribution >= 0.6 is 0 Å². The van der Waals surface area contributed by atoms with Crippen LogP contribution in [0, 0.1) is 11.8 Å². The van der Waals surface area contributed by atoms with Crippen molar-refractivity contribution in [3.63, 3.8) is 0 Å². The van der Waals surface area contributed by atoms with Crippen LogP contribution in [0.4, 0.5) is 4.79 Å². The molecule has 0 aromatic carbocycles. The summed E-state index contributed by atoms with van der Waals surface area (Å²) in [5, 5.41) is 2.88. The molecule has 0 radical (unpaired) electrons. The largest absolute Gasteiger partial charge is 0.465 e. The first kappa shape index (κ1) is 69.5. The summed E-state index contributed by atoms with van der Waals surface area (Å²) < 4.78 is 40.8. The number of carbonyl (C=O) groups is 5. The molecule has 0 spiro atoms. The summed E-state index contributed by atoms with van der Waals surface area (Å²) in [7, 11) is 0. The van der Waals surface area contributed by atoms with E-state index in [1.54, 1.807) is 0 Å². The van der Waals surface area contributed by atoms with E-state index in [4.69, 9.17) is 33.2 Å². The van der Waals surface area contributed by atoms with Gasteiger partial charge in [-0.1, -0.05) is 136 Å². The van der Waals surface area contributed by atoms with E-state index in [0.29, 0.717) is 52.0 Å². The van der Waals surface area contributed by atoms with Crippen LogP contribution in [0.5, 0.6) is 0 Å². The maximum atomic E-state index is 13.2. The van der Waals surface area contributed by atoms with Gasteiger partial charge in [-0.2, -0.15) is 0 Å². The molecule has 1 saturated heterocycles. The van der Waals surface area contributed by atoms with Gasteiger partial charge in [0.05, 0.1) is 24.9 Å². The molecule has 0 aromatic heterocycles. The molecule has 1 aliphatic heterocycles. The molecule has 438 valence electrons. The van der Waals surface area contributed by atoms with E-state index in [9.17, 15) is 24.0 Å². The van der Waals surface area contributed by atoms with Gasteiger partial charge in [0.15, 0.2) is 6.29 Å². The van der Waals surface area contributed by atoms with Crippen molar-refractivity contribution in [2.75, 3.05) is 65.8 Å². The van der Waals surface area contributed by atoms with E-state index < -0.39 is 36.3 Å². The minimum Gasteiger partial charge on any atom is -0.465 e. The van der Waals surface area contributed by atoms with E-state index >= 15 is 0 Å². The van der Waals surface area contributed by atoms with Crippen LogP contribution in [-0.2, 0) is 52.3 Å². The topological polar surface area (TPSA) is 165 Å². The average molecular weight is 1070 g/mol. The Bertz CT molecular complexity index is 1440. The van der Waals surface area contributed by atoms with Crippen molar-refractivity contribution < 1.29 is 58.6 Å². The van der Waals surface area contributed by atoms with Gasteiger partial charge in [0.1, 0.15) is 25.9 Å². The van der Waals surface area contributed by atoms with Crippen LogP contribution in [-0.4, -0.2) is 113 Å². The Hall–Kier alpha value is -3.49. The molecule has 0 aliphatic carbocycles. The van der Waals surface area contributed by atoms with Gasteiger partial charge in [0.2, 0.25) is 0 Å². The first-order valence-electron chi connectivity index (χ1n) is 30.5. The Balaban J connectivity index is 0.0000562. The zero-order chi connectivity index (χ0) is 54.7. The van der Waals surface area contributed by atoms with Crippen molar-refractivity contribution in [3.05, 3.63) is 24.3 Å². The summed E-state index contributed by atoms with van der Waals surface area (Å²) in [6.45, 7) is 15.3. The van der Waals surface area contributed by atoms with Crippen LogP contribution in [0.25, 0.3) is 0 Å². The van der Waals surface area contributed by atoms with Crippen LogP contribution in [0.3, 0.4) is 0 Å². The fourth-order valence-electron chi connectivity index (χ4n) is 8.87. The number of rotatable bonds is 52. The molecule has 3 atom stereocenters. The number of esters is 4. The Labute approximate surface area is 458 Å². The number of ether oxygens (including phenoxy) is 7. The molecule has 1 rings (SSSR count). The monoisotopic (exact) mass is 1060 g/mol. The van der Waals surface area contributed by atoms with Gasteiger partial charge in [-0.15, -0.1) is 0 Å². The third kappa shape index (κ3) is 43.2. The van der Waals surface area contributed by atoms with Gasteiger partial charge in [-0.25, -0.2) is 4.79 Å². The zero-order valence-electron chi connectivity index (χ0n) is 48.4. The van der Waals surface area contributed by atoms with Crippen LogP contribution in [0.15, 0.2) is 24.3 Å². The van der Waals surface area contributed by atoms with Crippen LogP contribution in [0.2, 0.25) is 0 Å². The molecule has 1 amide bonds. The molecule has 3 unspecified atom stereocenters. The SMILES string of the molecule is CC/C=C\CCCCOC(CCC(=O)OCC(COC(=O)CCCCCCCOC(=O)C(CCCC)CCCCCC)COC(=O)CCC(CCCCCC)OC(=O)NCCN1CCCC1)OCCCC/C=C\CC.[HH]. The second kappa shape index (κ2) is 51.3. The number of likely N-dealkylation sites (tertiary alicyclic amines) is 1. The molecule has 14 nitrogen and oxygen atoms in total. The van der Waals surface area contributed by atoms with Gasteiger partial charge in [0, 0.05) is 47.0 Å². The number of carbonyl (C=O) groups excluding carboxylic acids is 5. The predicted molar refractivity (Wildman–Crippen MR) is 302 cm³/mol. The van der Waals surface area contributed by atoms with Gasteiger partial charge in [-0.3, -0.25) is 19.2 Å². The van der Waals surface area contributed by atoms with E-state index in [0.717, 1.165) is 161 Å². The summed E-state index contributed by atoms with van der Waals surface area (Å²) in [6.07, 6.45) is 35.8. The second-order valence-corrected chi connectivity index (χ2v) is 20.6. The Kier molecular flexibility index (Phi) is 47.5. The van der Waals surface area contributed by atoms with Crippen molar-refractivity contribution >= 4 is 30.0 Å². The standard InChI is InChI=1S/C61H110N2O12.H2/c1-6-11-16-20-24-32-47-69-59(70-48-33-25-21-17-12-7-2)42-41-58(66)74-52-53(50-72-56(64)38-29-23-22-26-34-49-71-60(67)54(35-15-10-5)36-27-18-13-8-3)51-73-57(65)40-39-55(37-28-19-14-9-4)75-61(68)62-43-46-63-44-30-31-45-63;/h11-12,16-17,53-55,59H,6-10,13-15,18-52H2,1-5H3,(H,62,68);1H/b16-11-,17-12-;. The first-order chi connectivity index (χ1) is 36.6. The molecule has 75 heavy (non-hydrogen) atoms. The molecule has 1 fully saturated rings. The van der Waals surface area contributed by atoms with Crippen LogP contribution < -0.4 is 5.32 Å². The lowest BCUT2D eigenvalue weighted by molar-refractivity contribution is -0.162. The van der Waals surface area contributed by atoms with E-state index in [2.05, 4.69) is 69.1 Å². The van der Waals surface area contributed by atoms with Crippen LogP contribution in [0.1, 0.15) is 248 Å². The minimum absolute atomic E-state index is 0. The highest BCUT2D eigenvalue weighted by atomic mass is 16.7. The molecule has 14 heteroatoms. The lowest BCUT2D eigenvalue weighted by Gasteiger charge is -2.20. The summed E-state index contributed by atoms with van der Waals surface area (Å²) >= 11 is 0. The highest BCUT2D eigenvalue weighted by molar-refractivity contribution is 5.72. The van der Waals surface area contributed by atoms with Crippen molar-refractivity contribution in [3.8, 4) is 0 Å². The lowest BCUT2D eigenvalue weighted by atomic mass is 9.95. The Morgan fingerprint density at radius 2 is 1.01 bits per heavy atom. The average Bonchev–Trinajstić information content (AvgIpc) is 3.93. The number of amides is 1. The van der Waals surface area contributed by atoms with E-state index in [1.807, 2.05) is 0 Å². The zero-order valence-corrected chi connectivity index (χ0v) is 48.4. The number of hydrogen-bond acceptors (Lipinski definition) is 13. The Morgan fingerprint density at radius 3 is 1.60 bits per heavy atom. The van der Waals surface area contributed by atoms with Gasteiger partial charge < -0.3 is 43.4 Å². The van der Waals surface area contributed by atoms with Crippen molar-refractivity contribution in [1.82, 2.24) is 10.2 Å². The normalized spacial score (nSPS) is 14.1. The number of unbranched alkanes of at least 4 members (excludes halogenated alkanes) is 15. The third-order valence-corrected chi connectivity index (χ3v) is 13.6. The van der Waals surface area contributed by atoms with Gasteiger partial charge in [-0.05, 0) is 122 Å². The number of nitrogens with zero attached hydrogens (tertiary/aromatic N) is 1. The van der Waals surface area contributed by atoms with Crippen molar-refractivity contribution in [1.29, 1.82) is 0 Å². The van der Waals surface area contributed by atoms with Crippen molar-refractivity contribution in [2.24, 2.45) is 11.8 Å². The molecular weight excluding hydrogens is 953 g/mol. The second-order valence-electron chi connectivity index (χ2n) is 20.6. The minimum atomic E-state index is -0.586. The Morgan fingerprint density at radius 1 is 0.507 bits per heavy atom. The molecule has 1 N–H and O–H groups in total. The lowest BCUT2D eigenvalue weighted by Crippen LogP contribution is -2.35. The van der Waals surface area contributed by atoms with Gasteiger partial charge in [0.25, 0.3) is 0 Å². The van der Waals surface area contributed by atoms with E-state index in [1.165, 1.54) is 25.7 Å². The smallest absolute Gasteiger partial charge is 0.407 e. The fourth-order valence-corrected chi connectivity index (χ4v) is 8.87. The first-order valence-corrected chi connectivity index (χ1v) is 30.5. The summed E-state index contributed by atoms with van der Waals surface area (Å²) in [5.74, 6) is -1.93. The number of alkyl carbamates (subject to hydrolysis) is 1. The quantitative estimate of drug-likeness (QED) is 0.0201. The third-order valence-electron chi connectivity index (χ3n) is 13.6. The fraction of sp³-hybridized carbons (Fsp3) is 0.852. The van der Waals surface area contributed by atoms with Gasteiger partial charge >= 0.3 is 30.0 Å². The summed E-state index contributed by atoms with van der Waals surface area (Å²) in [4.78, 5) is 67.3. The molecule has 0 bridgehead atoms. The molecule has 0 aromatic rings. The molecule has 0 saturated carbocycles. The van der Waals surface area contributed by atoms with Crippen molar-refractivity contribution in [2.45, 2.75) is 259 Å².